The van der Waals surface area contributed by atoms with Gasteiger partial charge in [0.15, 0.2) is 11.0 Å². The average Bonchev–Trinajstić information content (AvgIpc) is 2.99. The highest BCUT2D eigenvalue weighted by atomic mass is 35.5. The van der Waals surface area contributed by atoms with Crippen LogP contribution in [0.4, 0.5) is 4.39 Å². The molecular weight excluding hydrogens is 404 g/mol. The van der Waals surface area contributed by atoms with E-state index in [2.05, 4.69) is 10.2 Å². The predicted octanol–water partition coefficient (Wildman–Crippen LogP) is 6.36. The number of benzene rings is 2. The number of aromatic nitrogens is 3. The van der Waals surface area contributed by atoms with Gasteiger partial charge in [0.1, 0.15) is 5.82 Å². The highest BCUT2D eigenvalue weighted by Crippen LogP contribution is 2.31. The first-order valence-electron chi connectivity index (χ1n) is 7.45. The van der Waals surface area contributed by atoms with E-state index in [1.807, 2.05) is 17.6 Å². The highest BCUT2D eigenvalue weighted by Gasteiger charge is 2.15. The molecule has 0 N–H and O–H groups in total. The summed E-state index contributed by atoms with van der Waals surface area (Å²) in [5.41, 5.74) is 1.69. The lowest BCUT2D eigenvalue weighted by molar-refractivity contribution is 0.627. The fourth-order valence-corrected chi connectivity index (χ4v) is 3.93. The number of thioether (sulfide) groups is 1. The van der Waals surface area contributed by atoms with Gasteiger partial charge in [-0.2, -0.15) is 0 Å². The van der Waals surface area contributed by atoms with Gasteiger partial charge in [-0.1, -0.05) is 52.6 Å². The van der Waals surface area contributed by atoms with Crippen LogP contribution in [0.2, 0.25) is 15.1 Å². The summed E-state index contributed by atoms with van der Waals surface area (Å²) in [7, 11) is 0. The standard InChI is InChI=1S/C17H13Cl3FN3S/c1-2-24-16(10-4-6-13(18)15(20)7-10)22-23-17(24)25-9-11-3-5-12(21)8-14(11)19/h3-8H,2,9H2,1H3. The molecule has 2 aromatic carbocycles. The van der Waals surface area contributed by atoms with Gasteiger partial charge in [-0.3, -0.25) is 0 Å². The second kappa shape index (κ2) is 7.96. The predicted molar refractivity (Wildman–Crippen MR) is 102 cm³/mol. The second-order valence-corrected chi connectivity index (χ2v) is 7.37. The van der Waals surface area contributed by atoms with Crippen molar-refractivity contribution in [2.75, 3.05) is 0 Å². The van der Waals surface area contributed by atoms with E-state index in [0.29, 0.717) is 33.2 Å². The summed E-state index contributed by atoms with van der Waals surface area (Å²) < 4.78 is 15.1. The molecule has 0 amide bonds. The van der Waals surface area contributed by atoms with Gasteiger partial charge in [-0.05, 0) is 42.8 Å². The summed E-state index contributed by atoms with van der Waals surface area (Å²) >= 11 is 19.6. The lowest BCUT2D eigenvalue weighted by atomic mass is 10.2. The van der Waals surface area contributed by atoms with E-state index < -0.39 is 0 Å². The lowest BCUT2D eigenvalue weighted by Gasteiger charge is -2.08. The van der Waals surface area contributed by atoms with E-state index in [9.17, 15) is 4.39 Å². The highest BCUT2D eigenvalue weighted by molar-refractivity contribution is 7.98. The Morgan fingerprint density at radius 3 is 2.48 bits per heavy atom. The number of nitrogens with zero attached hydrogens (tertiary/aromatic N) is 3. The molecule has 0 fully saturated rings. The molecule has 3 nitrogen and oxygen atoms in total. The monoisotopic (exact) mass is 415 g/mol. The van der Waals surface area contributed by atoms with E-state index in [4.69, 9.17) is 34.8 Å². The minimum atomic E-state index is -0.350. The summed E-state index contributed by atoms with van der Waals surface area (Å²) in [6.07, 6.45) is 0. The Kier molecular flexibility index (Phi) is 5.89. The molecule has 0 bridgehead atoms. The molecule has 0 radical (unpaired) electrons. The third-order valence-electron chi connectivity index (χ3n) is 3.58. The molecule has 3 aromatic rings. The molecule has 3 rings (SSSR count). The maximum absolute atomic E-state index is 13.1. The Morgan fingerprint density at radius 1 is 1.00 bits per heavy atom. The maximum Gasteiger partial charge on any atom is 0.191 e. The first kappa shape index (κ1) is 18.5. The van der Waals surface area contributed by atoms with Gasteiger partial charge in [-0.25, -0.2) is 4.39 Å². The minimum absolute atomic E-state index is 0.350. The number of hydrogen-bond acceptors (Lipinski definition) is 3. The molecule has 0 aliphatic rings. The van der Waals surface area contributed by atoms with Gasteiger partial charge >= 0.3 is 0 Å². The fraction of sp³-hybridized carbons (Fsp3) is 0.176. The Bertz CT molecular complexity index is 914. The minimum Gasteiger partial charge on any atom is -0.302 e. The van der Waals surface area contributed by atoms with Crippen molar-refractivity contribution in [1.29, 1.82) is 0 Å². The Labute approximate surface area is 164 Å². The summed E-state index contributed by atoms with van der Waals surface area (Å²) in [6.45, 7) is 2.71. The topological polar surface area (TPSA) is 30.7 Å². The summed E-state index contributed by atoms with van der Waals surface area (Å²) in [5.74, 6) is 0.935. The molecule has 0 aliphatic carbocycles. The van der Waals surface area contributed by atoms with Crippen LogP contribution < -0.4 is 0 Å². The van der Waals surface area contributed by atoms with Gasteiger partial charge in [-0.15, -0.1) is 10.2 Å². The molecule has 0 atom stereocenters. The van der Waals surface area contributed by atoms with Crippen molar-refractivity contribution in [1.82, 2.24) is 14.8 Å². The van der Waals surface area contributed by atoms with Crippen molar-refractivity contribution in [3.63, 3.8) is 0 Å². The molecule has 25 heavy (non-hydrogen) atoms. The lowest BCUT2D eigenvalue weighted by Crippen LogP contribution is -2.00. The van der Waals surface area contributed by atoms with Crippen molar-refractivity contribution in [2.45, 2.75) is 24.4 Å². The van der Waals surface area contributed by atoms with Gasteiger partial charge in [0.2, 0.25) is 0 Å². The van der Waals surface area contributed by atoms with E-state index in [-0.39, 0.29) is 5.82 Å². The SMILES string of the molecule is CCn1c(SCc2ccc(F)cc2Cl)nnc1-c1ccc(Cl)c(Cl)c1. The number of rotatable bonds is 5. The third kappa shape index (κ3) is 4.11. The molecule has 1 heterocycles. The quantitative estimate of drug-likeness (QED) is 0.454. The first-order valence-corrected chi connectivity index (χ1v) is 9.57. The van der Waals surface area contributed by atoms with Gasteiger partial charge in [0.25, 0.3) is 0 Å². The summed E-state index contributed by atoms with van der Waals surface area (Å²) in [5, 5.41) is 10.7. The summed E-state index contributed by atoms with van der Waals surface area (Å²) in [6, 6.07) is 9.74. The number of halogens is 4. The molecule has 0 aliphatic heterocycles. The fourth-order valence-electron chi connectivity index (χ4n) is 2.31. The van der Waals surface area contributed by atoms with Crippen LogP contribution in [0.15, 0.2) is 41.6 Å². The first-order chi connectivity index (χ1) is 12.0. The van der Waals surface area contributed by atoms with Crippen LogP contribution in [-0.2, 0) is 12.3 Å². The van der Waals surface area contributed by atoms with Crippen LogP contribution in [0.5, 0.6) is 0 Å². The third-order valence-corrected chi connectivity index (χ3v) is 5.69. The van der Waals surface area contributed by atoms with Gasteiger partial charge < -0.3 is 4.57 Å². The van der Waals surface area contributed by atoms with Crippen molar-refractivity contribution >= 4 is 46.6 Å². The van der Waals surface area contributed by atoms with E-state index in [1.165, 1.54) is 23.9 Å². The van der Waals surface area contributed by atoms with Crippen LogP contribution in [0, 0.1) is 5.82 Å². The van der Waals surface area contributed by atoms with E-state index >= 15 is 0 Å². The van der Waals surface area contributed by atoms with E-state index in [0.717, 1.165) is 16.3 Å². The van der Waals surface area contributed by atoms with Crippen LogP contribution in [0.25, 0.3) is 11.4 Å². The van der Waals surface area contributed by atoms with Crippen molar-refractivity contribution in [3.8, 4) is 11.4 Å². The van der Waals surface area contributed by atoms with Crippen LogP contribution in [-0.4, -0.2) is 14.8 Å². The molecule has 1 aromatic heterocycles. The van der Waals surface area contributed by atoms with Crippen molar-refractivity contribution in [3.05, 3.63) is 62.8 Å². The Morgan fingerprint density at radius 2 is 1.80 bits per heavy atom. The largest absolute Gasteiger partial charge is 0.302 e. The Balaban J connectivity index is 1.85. The number of hydrogen-bond donors (Lipinski definition) is 0. The van der Waals surface area contributed by atoms with Crippen LogP contribution in [0.1, 0.15) is 12.5 Å². The average molecular weight is 417 g/mol. The summed E-state index contributed by atoms with van der Waals surface area (Å²) in [4.78, 5) is 0. The Hall–Kier alpha value is -1.27. The van der Waals surface area contributed by atoms with Gasteiger partial charge in [0, 0.05) is 22.9 Å². The van der Waals surface area contributed by atoms with Crippen LogP contribution in [0.3, 0.4) is 0 Å². The normalized spacial score (nSPS) is 11.1. The zero-order valence-electron chi connectivity index (χ0n) is 13.1. The molecule has 0 saturated heterocycles. The van der Waals surface area contributed by atoms with Crippen LogP contribution >= 0.6 is 46.6 Å². The maximum atomic E-state index is 13.1. The smallest absolute Gasteiger partial charge is 0.191 e. The molecule has 130 valence electrons. The zero-order chi connectivity index (χ0) is 18.0. The molecule has 8 heteroatoms. The molecule has 0 saturated carbocycles. The van der Waals surface area contributed by atoms with Crippen molar-refractivity contribution < 1.29 is 4.39 Å². The van der Waals surface area contributed by atoms with E-state index in [1.54, 1.807) is 18.2 Å². The molecular formula is C17H13Cl3FN3S. The van der Waals surface area contributed by atoms with Gasteiger partial charge in [0.05, 0.1) is 10.0 Å². The molecule has 0 spiro atoms. The zero-order valence-corrected chi connectivity index (χ0v) is 16.2. The second-order valence-electron chi connectivity index (χ2n) is 5.20. The molecule has 0 unspecified atom stereocenters. The van der Waals surface area contributed by atoms with Crippen molar-refractivity contribution in [2.24, 2.45) is 0 Å².